The smallest absolute Gasteiger partial charge is 0.254 e. The first-order chi connectivity index (χ1) is 11.5. The molecule has 2 saturated heterocycles. The molecule has 0 radical (unpaired) electrons. The maximum Gasteiger partial charge on any atom is 0.254 e. The second-order valence-corrected chi connectivity index (χ2v) is 7.09. The van der Waals surface area contributed by atoms with E-state index in [1.54, 1.807) is 4.90 Å². The van der Waals surface area contributed by atoms with Gasteiger partial charge in [0.1, 0.15) is 0 Å². The minimum atomic E-state index is -0.0187. The Kier molecular flexibility index (Phi) is 3.23. The van der Waals surface area contributed by atoms with Gasteiger partial charge in [-0.15, -0.1) is 0 Å². The molecule has 0 aromatic heterocycles. The van der Waals surface area contributed by atoms with Gasteiger partial charge in [-0.2, -0.15) is 0 Å². The number of benzene rings is 2. The normalized spacial score (nSPS) is 18.2. The third-order valence-electron chi connectivity index (χ3n) is 5.14. The number of hydrogen-bond acceptors (Lipinski definition) is 2. The fourth-order valence-electron chi connectivity index (χ4n) is 3.92. The van der Waals surface area contributed by atoms with Crippen LogP contribution in [0.25, 0.3) is 10.8 Å². The van der Waals surface area contributed by atoms with Crippen LogP contribution in [0.5, 0.6) is 0 Å². The summed E-state index contributed by atoms with van der Waals surface area (Å²) in [6, 6.07) is 12.1. The van der Waals surface area contributed by atoms with Gasteiger partial charge in [0.15, 0.2) is 0 Å². The second kappa shape index (κ2) is 5.20. The van der Waals surface area contributed by atoms with Crippen LogP contribution in [0.2, 0.25) is 0 Å². The highest BCUT2D eigenvalue weighted by atomic mass is 16.2. The average molecular weight is 320 g/mol. The van der Waals surface area contributed by atoms with Crippen molar-refractivity contribution >= 4 is 22.6 Å². The molecule has 4 rings (SSSR count). The zero-order chi connectivity index (χ0) is 16.9. The largest absolute Gasteiger partial charge is 0.338 e. The Morgan fingerprint density at radius 3 is 2.50 bits per heavy atom. The third kappa shape index (κ3) is 2.21. The van der Waals surface area contributed by atoms with Gasteiger partial charge in [0.2, 0.25) is 5.91 Å². The highest BCUT2D eigenvalue weighted by Crippen LogP contribution is 2.40. The summed E-state index contributed by atoms with van der Waals surface area (Å²) in [6.45, 7) is 8.50. The highest BCUT2D eigenvalue weighted by molar-refractivity contribution is 6.07. The van der Waals surface area contributed by atoms with E-state index >= 15 is 0 Å². The average Bonchev–Trinajstić information content (AvgIpc) is 2.50. The molecule has 1 spiro atoms. The fraction of sp³-hybridized carbons (Fsp3) is 0.300. The lowest BCUT2D eigenvalue weighted by Gasteiger charge is -2.60. The number of likely N-dealkylation sites (tertiary alicyclic amines) is 2. The molecule has 122 valence electrons. The number of aryl methyl sites for hydroxylation is 1. The number of fused-ring (bicyclic) bond motifs is 1. The van der Waals surface area contributed by atoms with Crippen LogP contribution in [0.15, 0.2) is 49.1 Å². The van der Waals surface area contributed by atoms with Crippen LogP contribution in [-0.2, 0) is 4.79 Å². The number of rotatable bonds is 2. The molecule has 0 aliphatic carbocycles. The summed E-state index contributed by atoms with van der Waals surface area (Å²) in [4.78, 5) is 28.1. The van der Waals surface area contributed by atoms with Crippen LogP contribution in [0, 0.1) is 12.3 Å². The quantitative estimate of drug-likeness (QED) is 0.798. The van der Waals surface area contributed by atoms with Crippen molar-refractivity contribution in [1.29, 1.82) is 0 Å². The highest BCUT2D eigenvalue weighted by Gasteiger charge is 2.54. The number of nitrogens with zero attached hydrogens (tertiary/aromatic N) is 2. The van der Waals surface area contributed by atoms with Crippen molar-refractivity contribution in [2.45, 2.75) is 6.92 Å². The van der Waals surface area contributed by atoms with Crippen LogP contribution in [0.3, 0.4) is 0 Å². The van der Waals surface area contributed by atoms with E-state index < -0.39 is 0 Å². The molecule has 0 bridgehead atoms. The van der Waals surface area contributed by atoms with E-state index in [0.717, 1.165) is 42.5 Å². The van der Waals surface area contributed by atoms with Crippen molar-refractivity contribution in [3.05, 3.63) is 60.2 Å². The Morgan fingerprint density at radius 2 is 1.79 bits per heavy atom. The Labute approximate surface area is 141 Å². The van der Waals surface area contributed by atoms with E-state index in [1.807, 2.05) is 35.2 Å². The van der Waals surface area contributed by atoms with Crippen LogP contribution < -0.4 is 0 Å². The minimum Gasteiger partial charge on any atom is -0.338 e. The van der Waals surface area contributed by atoms with E-state index in [-0.39, 0.29) is 17.2 Å². The first kappa shape index (κ1) is 14.9. The van der Waals surface area contributed by atoms with Crippen LogP contribution in [0.1, 0.15) is 15.9 Å². The fourth-order valence-corrected chi connectivity index (χ4v) is 3.92. The van der Waals surface area contributed by atoms with Gasteiger partial charge in [0, 0.05) is 37.2 Å². The molecule has 2 aliphatic rings. The summed E-state index contributed by atoms with van der Waals surface area (Å²) in [5, 5.41) is 2.11. The topological polar surface area (TPSA) is 40.6 Å². The Bertz CT molecular complexity index is 857. The second-order valence-electron chi connectivity index (χ2n) is 7.09. The van der Waals surface area contributed by atoms with Gasteiger partial charge in [-0.1, -0.05) is 42.5 Å². The molecule has 2 amide bonds. The molecule has 0 saturated carbocycles. The first-order valence-electron chi connectivity index (χ1n) is 8.21. The van der Waals surface area contributed by atoms with Crippen LogP contribution in [-0.4, -0.2) is 47.8 Å². The standard InChI is InChI=1S/C20H20N2O2/c1-3-18(23)21-10-20(11-21)12-22(13-20)19(24)17-6-4-5-15-9-14(2)7-8-16(15)17/h3-9H,1,10-13H2,2H3. The summed E-state index contributed by atoms with van der Waals surface area (Å²) in [5.74, 6) is 0.0680. The molecule has 4 heteroatoms. The van der Waals surface area contributed by atoms with Crippen molar-refractivity contribution in [3.8, 4) is 0 Å². The molecule has 4 nitrogen and oxygen atoms in total. The number of hydrogen-bond donors (Lipinski definition) is 0. The van der Waals surface area contributed by atoms with Crippen molar-refractivity contribution in [1.82, 2.24) is 9.80 Å². The molecule has 2 aromatic rings. The van der Waals surface area contributed by atoms with Gasteiger partial charge in [-0.3, -0.25) is 9.59 Å². The SMILES string of the molecule is C=CC(=O)N1CC2(C1)CN(C(=O)c1cccc3cc(C)ccc13)C2. The van der Waals surface area contributed by atoms with Gasteiger partial charge in [0.05, 0.1) is 0 Å². The zero-order valence-electron chi connectivity index (χ0n) is 13.8. The summed E-state index contributed by atoms with van der Waals surface area (Å²) < 4.78 is 0. The maximum atomic E-state index is 12.9. The Balaban J connectivity index is 1.49. The molecular formula is C20H20N2O2. The summed E-state index contributed by atoms with van der Waals surface area (Å²) >= 11 is 0. The van der Waals surface area contributed by atoms with Crippen molar-refractivity contribution in [2.24, 2.45) is 5.41 Å². The monoisotopic (exact) mass is 320 g/mol. The van der Waals surface area contributed by atoms with Gasteiger partial charge in [0.25, 0.3) is 5.91 Å². The summed E-state index contributed by atoms with van der Waals surface area (Å²) in [7, 11) is 0. The molecule has 0 N–H and O–H groups in total. The molecule has 0 unspecified atom stereocenters. The number of carbonyl (C=O) groups is 2. The minimum absolute atomic E-state index is 0.0187. The molecule has 24 heavy (non-hydrogen) atoms. The van der Waals surface area contributed by atoms with Crippen molar-refractivity contribution in [3.63, 3.8) is 0 Å². The van der Waals surface area contributed by atoms with E-state index in [0.29, 0.717) is 0 Å². The van der Waals surface area contributed by atoms with Gasteiger partial charge >= 0.3 is 0 Å². The molecular weight excluding hydrogens is 300 g/mol. The Hall–Kier alpha value is -2.62. The van der Waals surface area contributed by atoms with Gasteiger partial charge in [-0.25, -0.2) is 0 Å². The lowest BCUT2D eigenvalue weighted by atomic mass is 9.72. The van der Waals surface area contributed by atoms with E-state index in [1.165, 1.54) is 11.6 Å². The molecule has 2 aromatic carbocycles. The third-order valence-corrected chi connectivity index (χ3v) is 5.14. The maximum absolute atomic E-state index is 12.9. The van der Waals surface area contributed by atoms with E-state index in [4.69, 9.17) is 0 Å². The number of amides is 2. The van der Waals surface area contributed by atoms with Crippen LogP contribution in [0.4, 0.5) is 0 Å². The zero-order valence-corrected chi connectivity index (χ0v) is 13.8. The van der Waals surface area contributed by atoms with Gasteiger partial charge < -0.3 is 9.80 Å². The Morgan fingerprint density at radius 1 is 1.08 bits per heavy atom. The van der Waals surface area contributed by atoms with E-state index in [2.05, 4.69) is 19.6 Å². The predicted molar refractivity (Wildman–Crippen MR) is 93.8 cm³/mol. The molecule has 0 atom stereocenters. The predicted octanol–water partition coefficient (Wildman–Crippen LogP) is 2.62. The lowest BCUT2D eigenvalue weighted by molar-refractivity contribution is -0.149. The molecule has 2 fully saturated rings. The van der Waals surface area contributed by atoms with Crippen LogP contribution >= 0.6 is 0 Å². The molecule has 2 aliphatic heterocycles. The lowest BCUT2D eigenvalue weighted by Crippen LogP contribution is -2.73. The summed E-state index contributed by atoms with van der Waals surface area (Å²) in [6.07, 6.45) is 1.35. The number of carbonyl (C=O) groups excluding carboxylic acids is 2. The first-order valence-corrected chi connectivity index (χ1v) is 8.21. The van der Waals surface area contributed by atoms with Crippen molar-refractivity contribution < 1.29 is 9.59 Å². The van der Waals surface area contributed by atoms with Crippen molar-refractivity contribution in [2.75, 3.05) is 26.2 Å². The summed E-state index contributed by atoms with van der Waals surface area (Å²) in [5.41, 5.74) is 2.06. The molecule has 2 heterocycles. The van der Waals surface area contributed by atoms with Gasteiger partial charge in [-0.05, 0) is 29.8 Å². The van der Waals surface area contributed by atoms with E-state index in [9.17, 15) is 9.59 Å².